The molecule has 66 valence electrons. The molecule has 1 aromatic carbocycles. The Bertz CT molecular complexity index is 402. The molecule has 0 fully saturated rings. The van der Waals surface area contributed by atoms with E-state index in [9.17, 15) is 9.18 Å². The van der Waals surface area contributed by atoms with Crippen molar-refractivity contribution in [1.29, 1.82) is 0 Å². The molecule has 0 bridgehead atoms. The third-order valence-electron chi connectivity index (χ3n) is 2.02. The second-order valence-electron chi connectivity index (χ2n) is 2.83. The van der Waals surface area contributed by atoms with E-state index in [2.05, 4.69) is 4.99 Å². The number of aldehydes is 1. The number of halogens is 1. The zero-order valence-electron chi connectivity index (χ0n) is 6.70. The van der Waals surface area contributed by atoms with E-state index in [1.54, 1.807) is 18.2 Å². The number of nitrogens with zero attached hydrogens (tertiary/aromatic N) is 1. The van der Waals surface area contributed by atoms with Crippen LogP contribution in [0.3, 0.4) is 0 Å². The number of benzene rings is 1. The lowest BCUT2D eigenvalue weighted by Crippen LogP contribution is -2.16. The van der Waals surface area contributed by atoms with E-state index in [-0.39, 0.29) is 17.7 Å². The number of hydrogen-bond acceptors (Lipinski definition) is 3. The number of aliphatic imine (C=N–C) groups is 1. The average molecular weight is 178 g/mol. The lowest BCUT2D eigenvalue weighted by molar-refractivity contribution is -0.117. The van der Waals surface area contributed by atoms with Gasteiger partial charge in [-0.3, -0.25) is 4.79 Å². The predicted octanol–water partition coefficient (Wildman–Crippen LogP) is 0.727. The van der Waals surface area contributed by atoms with Gasteiger partial charge in [-0.05, 0) is 0 Å². The zero-order chi connectivity index (χ0) is 9.47. The van der Waals surface area contributed by atoms with Crippen LogP contribution in [0.15, 0.2) is 29.3 Å². The normalized spacial score (nSPS) is 25.2. The first-order chi connectivity index (χ1) is 6.17. The largest absolute Gasteiger partial charge is 0.383 e. The van der Waals surface area contributed by atoms with Crippen LogP contribution in [-0.4, -0.2) is 12.1 Å². The Kier molecular flexibility index (Phi) is 1.45. The summed E-state index contributed by atoms with van der Waals surface area (Å²) in [7, 11) is 0. The molecule has 1 atom stereocenters. The lowest BCUT2D eigenvalue weighted by Gasteiger charge is -2.08. The van der Waals surface area contributed by atoms with Gasteiger partial charge in [0.25, 0.3) is 5.79 Å². The van der Waals surface area contributed by atoms with Crippen molar-refractivity contribution < 1.29 is 9.18 Å². The minimum atomic E-state index is -2.28. The Morgan fingerprint density at radius 2 is 2.15 bits per heavy atom. The zero-order valence-corrected chi connectivity index (χ0v) is 6.70. The monoisotopic (exact) mass is 178 g/mol. The lowest BCUT2D eigenvalue weighted by atomic mass is 10.0. The highest BCUT2D eigenvalue weighted by atomic mass is 19.1. The third kappa shape index (κ3) is 0.950. The number of amidine groups is 1. The maximum absolute atomic E-state index is 13.6. The molecule has 0 spiro atoms. The van der Waals surface area contributed by atoms with Crippen LogP contribution in [0.25, 0.3) is 0 Å². The van der Waals surface area contributed by atoms with Gasteiger partial charge in [-0.15, -0.1) is 0 Å². The fraction of sp³-hybridized carbons (Fsp3) is 0.111. The summed E-state index contributed by atoms with van der Waals surface area (Å²) in [6.45, 7) is 0. The molecule has 0 aromatic heterocycles. The smallest absolute Gasteiger partial charge is 0.283 e. The van der Waals surface area contributed by atoms with Crippen molar-refractivity contribution in [1.82, 2.24) is 0 Å². The first kappa shape index (κ1) is 7.91. The van der Waals surface area contributed by atoms with Gasteiger partial charge >= 0.3 is 0 Å². The van der Waals surface area contributed by atoms with Gasteiger partial charge in [-0.1, -0.05) is 24.3 Å². The topological polar surface area (TPSA) is 55.4 Å². The highest BCUT2D eigenvalue weighted by Gasteiger charge is 2.39. The summed E-state index contributed by atoms with van der Waals surface area (Å²) in [5.74, 6) is -2.20. The second kappa shape index (κ2) is 2.39. The van der Waals surface area contributed by atoms with Crippen LogP contribution in [0, 0.1) is 0 Å². The van der Waals surface area contributed by atoms with E-state index in [0.29, 0.717) is 5.56 Å². The van der Waals surface area contributed by atoms with Crippen LogP contribution < -0.4 is 5.73 Å². The summed E-state index contributed by atoms with van der Waals surface area (Å²) < 4.78 is 13.6. The van der Waals surface area contributed by atoms with Crippen LogP contribution in [0.5, 0.6) is 0 Å². The summed E-state index contributed by atoms with van der Waals surface area (Å²) in [5, 5.41) is 0. The molecule has 0 saturated carbocycles. The van der Waals surface area contributed by atoms with Crippen molar-refractivity contribution in [2.75, 3.05) is 0 Å². The predicted molar refractivity (Wildman–Crippen MR) is 46.0 cm³/mol. The molecule has 2 N–H and O–H groups in total. The van der Waals surface area contributed by atoms with Crippen LogP contribution in [0.1, 0.15) is 11.1 Å². The van der Waals surface area contributed by atoms with Crippen molar-refractivity contribution in [2.45, 2.75) is 5.79 Å². The van der Waals surface area contributed by atoms with E-state index >= 15 is 0 Å². The van der Waals surface area contributed by atoms with Crippen LogP contribution in [-0.2, 0) is 10.6 Å². The van der Waals surface area contributed by atoms with Gasteiger partial charge in [0.05, 0.1) is 0 Å². The minimum Gasteiger partial charge on any atom is -0.383 e. The number of hydrogen-bond donors (Lipinski definition) is 1. The molecule has 1 aliphatic heterocycles. The first-order valence-electron chi connectivity index (χ1n) is 3.78. The van der Waals surface area contributed by atoms with E-state index in [1.807, 2.05) is 0 Å². The molecule has 0 aliphatic carbocycles. The van der Waals surface area contributed by atoms with Gasteiger partial charge in [-0.25, -0.2) is 9.38 Å². The van der Waals surface area contributed by atoms with E-state index < -0.39 is 5.79 Å². The maximum atomic E-state index is 13.6. The number of rotatable bonds is 1. The fourth-order valence-electron chi connectivity index (χ4n) is 1.40. The van der Waals surface area contributed by atoms with E-state index in [0.717, 1.165) is 0 Å². The molecule has 2 rings (SSSR count). The van der Waals surface area contributed by atoms with E-state index in [4.69, 9.17) is 5.73 Å². The van der Waals surface area contributed by atoms with Crippen LogP contribution in [0.4, 0.5) is 4.39 Å². The fourth-order valence-corrected chi connectivity index (χ4v) is 1.40. The Hall–Kier alpha value is -1.71. The molecule has 1 aliphatic rings. The van der Waals surface area contributed by atoms with Gasteiger partial charge in [-0.2, -0.15) is 0 Å². The maximum Gasteiger partial charge on any atom is 0.283 e. The van der Waals surface area contributed by atoms with Crippen LogP contribution >= 0.6 is 0 Å². The molecule has 0 amide bonds. The molecule has 0 saturated heterocycles. The van der Waals surface area contributed by atoms with Crippen molar-refractivity contribution in [3.8, 4) is 0 Å². The van der Waals surface area contributed by atoms with Crippen LogP contribution in [0.2, 0.25) is 0 Å². The molecule has 3 nitrogen and oxygen atoms in total. The summed E-state index contributed by atoms with van der Waals surface area (Å²) >= 11 is 0. The van der Waals surface area contributed by atoms with Crippen molar-refractivity contribution in [3.05, 3.63) is 35.4 Å². The molecule has 1 unspecified atom stereocenters. The third-order valence-corrected chi connectivity index (χ3v) is 2.02. The standard InChI is InChI=1S/C9H7FN2O/c10-9(5-13)7-4-2-1-3-6(7)8(11)12-9/h1-5H,(H2,11,12). The van der Waals surface area contributed by atoms with Gasteiger partial charge in [0.2, 0.25) is 0 Å². The molecule has 13 heavy (non-hydrogen) atoms. The molecule has 4 heteroatoms. The SMILES string of the molecule is NC1=NC(F)(C=O)c2ccccc21. The Morgan fingerprint density at radius 3 is 2.85 bits per heavy atom. The van der Waals surface area contributed by atoms with Gasteiger partial charge in [0.15, 0.2) is 6.29 Å². The number of nitrogens with two attached hydrogens (primary N) is 1. The summed E-state index contributed by atoms with van der Waals surface area (Å²) in [6, 6.07) is 6.51. The molecule has 1 aromatic rings. The average Bonchev–Trinajstić information content (AvgIpc) is 2.42. The molecule has 0 radical (unpaired) electrons. The molecular weight excluding hydrogens is 171 g/mol. The summed E-state index contributed by atoms with van der Waals surface area (Å²) in [5.41, 5.74) is 6.17. The highest BCUT2D eigenvalue weighted by molar-refractivity contribution is 6.04. The highest BCUT2D eigenvalue weighted by Crippen LogP contribution is 2.33. The number of alkyl halides is 1. The number of fused-ring (bicyclic) bond motifs is 1. The first-order valence-corrected chi connectivity index (χ1v) is 3.78. The Morgan fingerprint density at radius 1 is 1.46 bits per heavy atom. The minimum absolute atomic E-state index is 0.0743. The van der Waals surface area contributed by atoms with Gasteiger partial charge in [0.1, 0.15) is 5.84 Å². The van der Waals surface area contributed by atoms with Gasteiger partial charge in [0, 0.05) is 11.1 Å². The number of carbonyl (C=O) groups is 1. The number of carbonyl (C=O) groups excluding carboxylic acids is 1. The molecule has 1 heterocycles. The van der Waals surface area contributed by atoms with Crippen molar-refractivity contribution in [2.24, 2.45) is 10.7 Å². The van der Waals surface area contributed by atoms with Crippen molar-refractivity contribution >= 4 is 12.1 Å². The molecular formula is C9H7FN2O. The van der Waals surface area contributed by atoms with Gasteiger partial charge < -0.3 is 5.73 Å². The Balaban J connectivity index is 2.69. The summed E-state index contributed by atoms with van der Waals surface area (Å²) in [4.78, 5) is 14.0. The van der Waals surface area contributed by atoms with E-state index in [1.165, 1.54) is 6.07 Å². The Labute approximate surface area is 74.1 Å². The second-order valence-corrected chi connectivity index (χ2v) is 2.83. The summed E-state index contributed by atoms with van der Waals surface area (Å²) in [6.07, 6.45) is 0.158. The quantitative estimate of drug-likeness (QED) is 0.509. The van der Waals surface area contributed by atoms with Crippen molar-refractivity contribution in [3.63, 3.8) is 0 Å².